The topological polar surface area (TPSA) is 68.0 Å². The Morgan fingerprint density at radius 1 is 1.29 bits per heavy atom. The number of nitrogens with zero attached hydrogens (tertiary/aromatic N) is 2. The van der Waals surface area contributed by atoms with Crippen LogP contribution in [0, 0.1) is 6.92 Å². The molecule has 21 heavy (non-hydrogen) atoms. The Hall–Kier alpha value is -1.82. The third-order valence-electron chi connectivity index (χ3n) is 2.62. The molecule has 112 valence electrons. The van der Waals surface area contributed by atoms with E-state index in [2.05, 4.69) is 15.5 Å². The van der Waals surface area contributed by atoms with Crippen LogP contribution in [-0.2, 0) is 4.79 Å². The van der Waals surface area contributed by atoms with E-state index in [1.807, 2.05) is 52.0 Å². The molecule has 1 aromatic heterocycles. The Morgan fingerprint density at radius 2 is 2.00 bits per heavy atom. The van der Waals surface area contributed by atoms with Gasteiger partial charge < -0.3 is 9.73 Å². The molecule has 2 aromatic rings. The van der Waals surface area contributed by atoms with Gasteiger partial charge in [-0.1, -0.05) is 30.0 Å². The minimum Gasteiger partial charge on any atom is -0.411 e. The molecule has 1 heterocycles. The second-order valence-electron chi connectivity index (χ2n) is 5.77. The first-order valence-corrected chi connectivity index (χ1v) is 7.67. The summed E-state index contributed by atoms with van der Waals surface area (Å²) in [4.78, 5) is 11.7. The molecular formula is C15H19N3O2S. The summed E-state index contributed by atoms with van der Waals surface area (Å²) in [6.45, 7) is 7.82. The Labute approximate surface area is 128 Å². The zero-order valence-corrected chi connectivity index (χ0v) is 13.5. The van der Waals surface area contributed by atoms with Crippen molar-refractivity contribution in [3.8, 4) is 11.5 Å². The molecule has 6 heteroatoms. The molecule has 0 aliphatic rings. The fraction of sp³-hybridized carbons (Fsp3) is 0.400. The van der Waals surface area contributed by atoms with E-state index in [0.717, 1.165) is 11.1 Å². The predicted octanol–water partition coefficient (Wildman–Crippen LogP) is 3.05. The fourth-order valence-electron chi connectivity index (χ4n) is 1.77. The van der Waals surface area contributed by atoms with Crippen molar-refractivity contribution >= 4 is 17.7 Å². The lowest BCUT2D eigenvalue weighted by molar-refractivity contribution is -0.119. The largest absolute Gasteiger partial charge is 0.411 e. The van der Waals surface area contributed by atoms with Crippen LogP contribution in [0.4, 0.5) is 0 Å². The van der Waals surface area contributed by atoms with E-state index in [1.54, 1.807) is 0 Å². The van der Waals surface area contributed by atoms with Gasteiger partial charge in [0, 0.05) is 11.1 Å². The molecule has 0 radical (unpaired) electrons. The van der Waals surface area contributed by atoms with Crippen molar-refractivity contribution in [1.29, 1.82) is 0 Å². The van der Waals surface area contributed by atoms with E-state index in [-0.39, 0.29) is 17.2 Å². The number of hydrogen-bond acceptors (Lipinski definition) is 5. The van der Waals surface area contributed by atoms with Gasteiger partial charge in [0.15, 0.2) is 0 Å². The van der Waals surface area contributed by atoms with Crippen molar-refractivity contribution in [2.45, 2.75) is 38.5 Å². The van der Waals surface area contributed by atoms with E-state index in [1.165, 1.54) is 11.8 Å². The molecule has 0 unspecified atom stereocenters. The summed E-state index contributed by atoms with van der Waals surface area (Å²) in [5, 5.41) is 11.3. The SMILES string of the molecule is Cc1ccccc1-c1nnc(SCC(=O)NC(C)(C)C)o1. The van der Waals surface area contributed by atoms with Gasteiger partial charge in [0.1, 0.15) is 0 Å². The third-order valence-corrected chi connectivity index (χ3v) is 3.44. The monoisotopic (exact) mass is 305 g/mol. The van der Waals surface area contributed by atoms with Crippen molar-refractivity contribution in [2.75, 3.05) is 5.75 Å². The highest BCUT2D eigenvalue weighted by atomic mass is 32.2. The van der Waals surface area contributed by atoms with E-state index in [4.69, 9.17) is 4.42 Å². The number of thioether (sulfide) groups is 1. The first-order chi connectivity index (χ1) is 9.85. The Balaban J connectivity index is 1.98. The summed E-state index contributed by atoms with van der Waals surface area (Å²) in [5.41, 5.74) is 1.75. The van der Waals surface area contributed by atoms with Gasteiger partial charge in [-0.25, -0.2) is 0 Å². The molecule has 0 atom stereocenters. The van der Waals surface area contributed by atoms with Crippen LogP contribution >= 0.6 is 11.8 Å². The van der Waals surface area contributed by atoms with E-state index in [9.17, 15) is 4.79 Å². The van der Waals surface area contributed by atoms with Crippen molar-refractivity contribution in [3.63, 3.8) is 0 Å². The molecule has 0 spiro atoms. The van der Waals surface area contributed by atoms with E-state index in [0.29, 0.717) is 11.1 Å². The van der Waals surface area contributed by atoms with Gasteiger partial charge in [-0.05, 0) is 39.3 Å². The zero-order valence-electron chi connectivity index (χ0n) is 12.6. The lowest BCUT2D eigenvalue weighted by Crippen LogP contribution is -2.41. The smallest absolute Gasteiger partial charge is 0.277 e. The van der Waals surface area contributed by atoms with Crippen LogP contribution in [0.5, 0.6) is 0 Å². The highest BCUT2D eigenvalue weighted by molar-refractivity contribution is 7.99. The Morgan fingerprint density at radius 3 is 2.67 bits per heavy atom. The Bertz CT molecular complexity index is 632. The maximum atomic E-state index is 11.7. The first-order valence-electron chi connectivity index (χ1n) is 6.68. The number of carbonyl (C=O) groups is 1. The molecule has 0 fully saturated rings. The van der Waals surface area contributed by atoms with Crippen LogP contribution in [-0.4, -0.2) is 27.4 Å². The van der Waals surface area contributed by atoms with Gasteiger partial charge >= 0.3 is 0 Å². The molecule has 1 amide bonds. The number of rotatable bonds is 4. The maximum absolute atomic E-state index is 11.7. The minimum absolute atomic E-state index is 0.0526. The van der Waals surface area contributed by atoms with Gasteiger partial charge in [0.05, 0.1) is 5.75 Å². The van der Waals surface area contributed by atoms with Crippen LogP contribution in [0.15, 0.2) is 33.9 Å². The van der Waals surface area contributed by atoms with Crippen molar-refractivity contribution in [3.05, 3.63) is 29.8 Å². The van der Waals surface area contributed by atoms with Crippen molar-refractivity contribution < 1.29 is 9.21 Å². The first kappa shape index (κ1) is 15.6. The average molecular weight is 305 g/mol. The molecule has 5 nitrogen and oxygen atoms in total. The second-order valence-corrected chi connectivity index (χ2v) is 6.70. The highest BCUT2D eigenvalue weighted by Crippen LogP contribution is 2.25. The van der Waals surface area contributed by atoms with Gasteiger partial charge in [-0.3, -0.25) is 4.79 Å². The van der Waals surface area contributed by atoms with Crippen molar-refractivity contribution in [1.82, 2.24) is 15.5 Å². The van der Waals surface area contributed by atoms with Crippen LogP contribution in [0.25, 0.3) is 11.5 Å². The zero-order chi connectivity index (χ0) is 15.5. The second kappa shape index (κ2) is 6.30. The van der Waals surface area contributed by atoms with E-state index >= 15 is 0 Å². The number of nitrogens with one attached hydrogen (secondary N) is 1. The van der Waals surface area contributed by atoms with Crippen LogP contribution in [0.1, 0.15) is 26.3 Å². The molecular weight excluding hydrogens is 286 g/mol. The molecule has 0 aliphatic heterocycles. The predicted molar refractivity (Wildman–Crippen MR) is 83.1 cm³/mol. The summed E-state index contributed by atoms with van der Waals surface area (Å²) in [7, 11) is 0. The van der Waals surface area contributed by atoms with Crippen LogP contribution in [0.2, 0.25) is 0 Å². The number of amides is 1. The van der Waals surface area contributed by atoms with Gasteiger partial charge in [-0.15, -0.1) is 10.2 Å². The summed E-state index contributed by atoms with van der Waals surface area (Å²) in [5.74, 6) is 0.683. The highest BCUT2D eigenvalue weighted by Gasteiger charge is 2.16. The summed E-state index contributed by atoms with van der Waals surface area (Å²) in [6.07, 6.45) is 0. The van der Waals surface area contributed by atoms with Gasteiger partial charge in [0.2, 0.25) is 11.8 Å². The van der Waals surface area contributed by atoms with Gasteiger partial charge in [0.25, 0.3) is 5.22 Å². The molecule has 2 rings (SSSR count). The Kier molecular flexibility index (Phi) is 4.67. The maximum Gasteiger partial charge on any atom is 0.277 e. The van der Waals surface area contributed by atoms with E-state index < -0.39 is 0 Å². The number of aromatic nitrogens is 2. The average Bonchev–Trinajstić information content (AvgIpc) is 2.83. The summed E-state index contributed by atoms with van der Waals surface area (Å²) < 4.78 is 5.59. The summed E-state index contributed by atoms with van der Waals surface area (Å²) in [6, 6.07) is 7.81. The minimum atomic E-state index is -0.237. The number of hydrogen-bond donors (Lipinski definition) is 1. The molecule has 0 bridgehead atoms. The van der Waals surface area contributed by atoms with Crippen LogP contribution < -0.4 is 5.32 Å². The number of benzene rings is 1. The van der Waals surface area contributed by atoms with Gasteiger partial charge in [-0.2, -0.15) is 0 Å². The molecule has 0 saturated heterocycles. The molecule has 0 saturated carbocycles. The lowest BCUT2D eigenvalue weighted by atomic mass is 10.1. The normalized spacial score (nSPS) is 11.4. The standard InChI is InChI=1S/C15H19N3O2S/c1-10-7-5-6-8-11(10)13-17-18-14(20-13)21-9-12(19)16-15(2,3)4/h5-8H,9H2,1-4H3,(H,16,19). The molecule has 1 N–H and O–H groups in total. The lowest BCUT2D eigenvalue weighted by Gasteiger charge is -2.19. The molecule has 1 aromatic carbocycles. The fourth-order valence-corrected chi connectivity index (χ4v) is 2.33. The van der Waals surface area contributed by atoms with Crippen molar-refractivity contribution in [2.24, 2.45) is 0 Å². The third kappa shape index (κ3) is 4.60. The summed E-state index contributed by atoms with van der Waals surface area (Å²) >= 11 is 1.24. The molecule has 0 aliphatic carbocycles. The number of aryl methyl sites for hydroxylation is 1. The number of carbonyl (C=O) groups excluding carboxylic acids is 1. The van der Waals surface area contributed by atoms with Crippen LogP contribution in [0.3, 0.4) is 0 Å². The quantitative estimate of drug-likeness (QED) is 0.879.